The van der Waals surface area contributed by atoms with E-state index in [9.17, 15) is 0 Å². The molecule has 1 rings (SSSR count). The first-order valence-corrected chi connectivity index (χ1v) is 5.31. The molecule has 0 saturated heterocycles. The van der Waals surface area contributed by atoms with Crippen molar-refractivity contribution >= 4 is 11.3 Å². The molecule has 1 aromatic heterocycles. The number of pyridine rings is 1. The van der Waals surface area contributed by atoms with Crippen molar-refractivity contribution in [3.05, 3.63) is 54.4 Å². The maximum Gasteiger partial charge on any atom is 0.0716 e. The summed E-state index contributed by atoms with van der Waals surface area (Å²) in [6, 6.07) is 3.92. The Morgan fingerprint density at radius 3 is 2.88 bits per heavy atom. The van der Waals surface area contributed by atoms with Crippen molar-refractivity contribution in [3.8, 4) is 0 Å². The number of nitrogens with one attached hydrogen (secondary N) is 1. The standard InChI is InChI=1S/C14H18N2/c1-5-6-11(2)9-12(3)14-10-13(15-4)7-8-16-14/h5-10H,3H2,1-2,4H3,(H,15,16)/b6-5-,11-9-. The van der Waals surface area contributed by atoms with E-state index in [1.54, 1.807) is 6.20 Å². The van der Waals surface area contributed by atoms with Gasteiger partial charge in [-0.05, 0) is 31.6 Å². The number of nitrogens with zero attached hydrogens (tertiary/aromatic N) is 1. The Hall–Kier alpha value is -1.83. The molecule has 0 atom stereocenters. The smallest absolute Gasteiger partial charge is 0.0716 e. The molecule has 0 unspecified atom stereocenters. The molecule has 0 aromatic carbocycles. The normalized spacial score (nSPS) is 11.8. The number of hydrogen-bond acceptors (Lipinski definition) is 2. The minimum absolute atomic E-state index is 0.899. The number of hydrogen-bond donors (Lipinski definition) is 1. The minimum Gasteiger partial charge on any atom is -0.388 e. The van der Waals surface area contributed by atoms with Crippen LogP contribution >= 0.6 is 0 Å². The highest BCUT2D eigenvalue weighted by Gasteiger charge is 1.98. The van der Waals surface area contributed by atoms with Crippen LogP contribution in [0.3, 0.4) is 0 Å². The van der Waals surface area contributed by atoms with E-state index in [1.807, 2.05) is 51.3 Å². The molecule has 0 aliphatic rings. The molecule has 1 aromatic rings. The minimum atomic E-state index is 0.899. The van der Waals surface area contributed by atoms with Gasteiger partial charge in [-0.15, -0.1) is 0 Å². The second kappa shape index (κ2) is 5.91. The summed E-state index contributed by atoms with van der Waals surface area (Å²) in [6.45, 7) is 8.07. The summed E-state index contributed by atoms with van der Waals surface area (Å²) in [6.07, 6.45) is 7.87. The summed E-state index contributed by atoms with van der Waals surface area (Å²) in [5.41, 5.74) is 4.04. The molecule has 0 amide bonds. The van der Waals surface area contributed by atoms with Crippen LogP contribution in [0.1, 0.15) is 19.5 Å². The lowest BCUT2D eigenvalue weighted by Crippen LogP contribution is -1.92. The molecule has 16 heavy (non-hydrogen) atoms. The first kappa shape index (κ1) is 12.2. The predicted octanol–water partition coefficient (Wildman–Crippen LogP) is 3.66. The van der Waals surface area contributed by atoms with Gasteiger partial charge in [-0.1, -0.05) is 30.4 Å². The second-order valence-electron chi connectivity index (χ2n) is 3.59. The molecule has 0 fully saturated rings. The van der Waals surface area contributed by atoms with Gasteiger partial charge in [-0.2, -0.15) is 0 Å². The molecule has 2 heteroatoms. The van der Waals surface area contributed by atoms with E-state index >= 15 is 0 Å². The maximum absolute atomic E-state index is 4.29. The van der Waals surface area contributed by atoms with Crippen LogP contribution in [0.25, 0.3) is 5.57 Å². The highest BCUT2D eigenvalue weighted by atomic mass is 14.8. The third-order valence-corrected chi connectivity index (χ3v) is 2.21. The van der Waals surface area contributed by atoms with Crippen molar-refractivity contribution < 1.29 is 0 Å². The predicted molar refractivity (Wildman–Crippen MR) is 71.4 cm³/mol. The molecule has 0 aliphatic carbocycles. The zero-order valence-corrected chi connectivity index (χ0v) is 10.1. The van der Waals surface area contributed by atoms with E-state index < -0.39 is 0 Å². The molecule has 84 valence electrons. The van der Waals surface area contributed by atoms with Crippen LogP contribution in [0, 0.1) is 0 Å². The van der Waals surface area contributed by atoms with Crippen molar-refractivity contribution in [1.29, 1.82) is 0 Å². The van der Waals surface area contributed by atoms with E-state index in [4.69, 9.17) is 0 Å². The summed E-state index contributed by atoms with van der Waals surface area (Å²) >= 11 is 0. The van der Waals surface area contributed by atoms with Crippen molar-refractivity contribution in [2.45, 2.75) is 13.8 Å². The number of aromatic nitrogens is 1. The first-order chi connectivity index (χ1) is 7.67. The molecule has 1 heterocycles. The largest absolute Gasteiger partial charge is 0.388 e. The fourth-order valence-electron chi connectivity index (χ4n) is 1.42. The Labute approximate surface area is 97.4 Å². The molecule has 1 N–H and O–H groups in total. The van der Waals surface area contributed by atoms with Gasteiger partial charge in [0.15, 0.2) is 0 Å². The van der Waals surface area contributed by atoms with Crippen LogP contribution in [0.2, 0.25) is 0 Å². The Balaban J connectivity index is 2.92. The first-order valence-electron chi connectivity index (χ1n) is 5.31. The van der Waals surface area contributed by atoms with Gasteiger partial charge in [0, 0.05) is 18.9 Å². The van der Waals surface area contributed by atoms with Gasteiger partial charge in [0.05, 0.1) is 5.69 Å². The van der Waals surface area contributed by atoms with Gasteiger partial charge in [0.2, 0.25) is 0 Å². The Morgan fingerprint density at radius 2 is 2.25 bits per heavy atom. The molecule has 0 saturated carbocycles. The summed E-state index contributed by atoms with van der Waals surface area (Å²) in [4.78, 5) is 4.29. The van der Waals surface area contributed by atoms with Crippen LogP contribution in [-0.4, -0.2) is 12.0 Å². The fourth-order valence-corrected chi connectivity index (χ4v) is 1.42. The molecule has 2 nitrogen and oxygen atoms in total. The molecule has 0 aliphatic heterocycles. The van der Waals surface area contributed by atoms with Crippen LogP contribution < -0.4 is 5.32 Å². The lowest BCUT2D eigenvalue weighted by molar-refractivity contribution is 1.27. The maximum atomic E-state index is 4.29. The van der Waals surface area contributed by atoms with Crippen LogP contribution in [0.4, 0.5) is 5.69 Å². The third-order valence-electron chi connectivity index (χ3n) is 2.21. The van der Waals surface area contributed by atoms with Gasteiger partial charge in [0.25, 0.3) is 0 Å². The van der Waals surface area contributed by atoms with E-state index in [0.717, 1.165) is 17.0 Å². The quantitative estimate of drug-likeness (QED) is 0.774. The second-order valence-corrected chi connectivity index (χ2v) is 3.59. The van der Waals surface area contributed by atoms with Gasteiger partial charge >= 0.3 is 0 Å². The van der Waals surface area contributed by atoms with Gasteiger partial charge in [-0.25, -0.2) is 0 Å². The van der Waals surface area contributed by atoms with Crippen molar-refractivity contribution in [2.24, 2.45) is 0 Å². The Kier molecular flexibility index (Phi) is 4.52. The molecule has 0 spiro atoms. The molecular formula is C14H18N2. The topological polar surface area (TPSA) is 24.9 Å². The van der Waals surface area contributed by atoms with Crippen LogP contribution in [0.15, 0.2) is 48.7 Å². The van der Waals surface area contributed by atoms with E-state index in [0.29, 0.717) is 0 Å². The van der Waals surface area contributed by atoms with Crippen molar-refractivity contribution in [3.63, 3.8) is 0 Å². The number of allylic oxidation sites excluding steroid dienone is 5. The third kappa shape index (κ3) is 3.39. The lowest BCUT2D eigenvalue weighted by atomic mass is 10.1. The molecular weight excluding hydrogens is 196 g/mol. The Bertz CT molecular complexity index is 428. The summed E-state index contributed by atoms with van der Waals surface area (Å²) in [7, 11) is 1.89. The van der Waals surface area contributed by atoms with E-state index in [2.05, 4.69) is 16.9 Å². The number of anilines is 1. The lowest BCUT2D eigenvalue weighted by Gasteiger charge is -2.04. The molecule has 0 bridgehead atoms. The highest BCUT2D eigenvalue weighted by molar-refractivity contribution is 5.72. The average Bonchev–Trinajstić information content (AvgIpc) is 2.29. The Morgan fingerprint density at radius 1 is 1.50 bits per heavy atom. The van der Waals surface area contributed by atoms with Crippen LogP contribution in [0.5, 0.6) is 0 Å². The zero-order valence-electron chi connectivity index (χ0n) is 10.1. The SMILES string of the molecule is C=C(/C=C(C)\C=C/C)c1cc(NC)ccn1. The molecule has 0 radical (unpaired) electrons. The summed E-state index contributed by atoms with van der Waals surface area (Å²) < 4.78 is 0. The van der Waals surface area contributed by atoms with Gasteiger partial charge in [0.1, 0.15) is 0 Å². The number of rotatable bonds is 4. The van der Waals surface area contributed by atoms with Gasteiger partial charge in [-0.3, -0.25) is 4.98 Å². The zero-order chi connectivity index (χ0) is 12.0. The summed E-state index contributed by atoms with van der Waals surface area (Å²) in [5, 5.41) is 3.08. The van der Waals surface area contributed by atoms with Crippen molar-refractivity contribution in [1.82, 2.24) is 4.98 Å². The highest BCUT2D eigenvalue weighted by Crippen LogP contribution is 2.16. The average molecular weight is 214 g/mol. The summed E-state index contributed by atoms with van der Waals surface area (Å²) in [5.74, 6) is 0. The van der Waals surface area contributed by atoms with E-state index in [1.165, 1.54) is 5.57 Å². The van der Waals surface area contributed by atoms with Gasteiger partial charge < -0.3 is 5.32 Å². The monoisotopic (exact) mass is 214 g/mol. The van der Waals surface area contributed by atoms with Crippen molar-refractivity contribution in [2.75, 3.05) is 12.4 Å². The van der Waals surface area contributed by atoms with E-state index in [-0.39, 0.29) is 0 Å². The van der Waals surface area contributed by atoms with Crippen LogP contribution in [-0.2, 0) is 0 Å². The fraction of sp³-hybridized carbons (Fsp3) is 0.214.